The standard InChI is InChI=1S/C21H21F2NO3S/c1-15(2)17-7-5-16(6-8-17)13-24(14-18-4-3-11-27-18)28(25,26)19-9-10-20(22)21(23)12-19/h3-12,15H,13-14H2,1-2H3. The van der Waals surface area contributed by atoms with Gasteiger partial charge in [-0.1, -0.05) is 38.1 Å². The summed E-state index contributed by atoms with van der Waals surface area (Å²) in [6.45, 7) is 4.19. The monoisotopic (exact) mass is 405 g/mol. The molecule has 0 aliphatic rings. The zero-order valence-electron chi connectivity index (χ0n) is 15.6. The molecule has 7 heteroatoms. The molecular weight excluding hydrogens is 384 g/mol. The maximum absolute atomic E-state index is 13.6. The molecule has 0 fully saturated rings. The number of nitrogens with zero attached hydrogens (tertiary/aromatic N) is 1. The minimum absolute atomic E-state index is 0.0275. The third kappa shape index (κ3) is 4.48. The average Bonchev–Trinajstić information content (AvgIpc) is 3.17. The maximum Gasteiger partial charge on any atom is 0.243 e. The predicted octanol–water partition coefficient (Wildman–Crippen LogP) is 5.07. The van der Waals surface area contributed by atoms with Gasteiger partial charge in [0.2, 0.25) is 10.0 Å². The van der Waals surface area contributed by atoms with E-state index in [1.54, 1.807) is 12.1 Å². The molecule has 148 valence electrons. The normalized spacial score (nSPS) is 12.1. The molecule has 2 aromatic carbocycles. The summed E-state index contributed by atoms with van der Waals surface area (Å²) in [5.41, 5.74) is 1.92. The Morgan fingerprint density at radius 1 is 0.964 bits per heavy atom. The van der Waals surface area contributed by atoms with Gasteiger partial charge in [-0.15, -0.1) is 0 Å². The van der Waals surface area contributed by atoms with Crippen LogP contribution in [0, 0.1) is 11.6 Å². The van der Waals surface area contributed by atoms with Crippen LogP contribution in [0.1, 0.15) is 36.7 Å². The van der Waals surface area contributed by atoms with E-state index in [1.807, 2.05) is 24.3 Å². The molecular formula is C21H21F2NO3S. The predicted molar refractivity (Wildman–Crippen MR) is 102 cm³/mol. The minimum atomic E-state index is -4.07. The summed E-state index contributed by atoms with van der Waals surface area (Å²) < 4.78 is 59.5. The van der Waals surface area contributed by atoms with E-state index in [0.29, 0.717) is 17.7 Å². The quantitative estimate of drug-likeness (QED) is 0.551. The van der Waals surface area contributed by atoms with Gasteiger partial charge in [-0.05, 0) is 47.4 Å². The Kier molecular flexibility index (Phi) is 5.96. The van der Waals surface area contributed by atoms with Crippen LogP contribution in [-0.2, 0) is 23.1 Å². The first kappa shape index (κ1) is 20.2. The van der Waals surface area contributed by atoms with Gasteiger partial charge in [-0.2, -0.15) is 4.31 Å². The average molecular weight is 405 g/mol. The van der Waals surface area contributed by atoms with E-state index >= 15 is 0 Å². The van der Waals surface area contributed by atoms with Crippen molar-refractivity contribution in [2.45, 2.75) is 37.8 Å². The van der Waals surface area contributed by atoms with Crippen molar-refractivity contribution >= 4 is 10.0 Å². The number of sulfonamides is 1. The first-order chi connectivity index (χ1) is 13.3. The Morgan fingerprint density at radius 2 is 1.68 bits per heavy atom. The fourth-order valence-electron chi connectivity index (χ4n) is 2.80. The van der Waals surface area contributed by atoms with Crippen molar-refractivity contribution in [2.24, 2.45) is 0 Å². The van der Waals surface area contributed by atoms with E-state index in [9.17, 15) is 17.2 Å². The molecule has 0 saturated carbocycles. The third-order valence-corrected chi connectivity index (χ3v) is 6.23. The zero-order chi connectivity index (χ0) is 20.3. The number of rotatable bonds is 7. The topological polar surface area (TPSA) is 50.5 Å². The van der Waals surface area contributed by atoms with Gasteiger partial charge in [0.15, 0.2) is 11.6 Å². The van der Waals surface area contributed by atoms with E-state index < -0.39 is 21.7 Å². The Hall–Kier alpha value is -2.51. The number of hydrogen-bond donors (Lipinski definition) is 0. The lowest BCUT2D eigenvalue weighted by Gasteiger charge is -2.22. The van der Waals surface area contributed by atoms with Crippen molar-refractivity contribution in [1.82, 2.24) is 4.31 Å². The second-order valence-corrected chi connectivity index (χ2v) is 8.76. The SMILES string of the molecule is CC(C)c1ccc(CN(Cc2ccco2)S(=O)(=O)c2ccc(F)c(F)c2)cc1. The molecule has 0 radical (unpaired) electrons. The third-order valence-electron chi connectivity index (χ3n) is 4.45. The van der Waals surface area contributed by atoms with E-state index in [4.69, 9.17) is 4.42 Å². The van der Waals surface area contributed by atoms with Gasteiger partial charge in [-0.3, -0.25) is 0 Å². The molecule has 0 N–H and O–H groups in total. The number of hydrogen-bond acceptors (Lipinski definition) is 3. The van der Waals surface area contributed by atoms with E-state index in [-0.39, 0.29) is 18.0 Å². The van der Waals surface area contributed by atoms with Crippen LogP contribution in [0.4, 0.5) is 8.78 Å². The Bertz CT molecular complexity index is 1030. The van der Waals surface area contributed by atoms with Gasteiger partial charge >= 0.3 is 0 Å². The van der Waals surface area contributed by atoms with Crippen molar-refractivity contribution in [3.05, 3.63) is 89.4 Å². The van der Waals surface area contributed by atoms with Crippen LogP contribution in [0.2, 0.25) is 0 Å². The van der Waals surface area contributed by atoms with Gasteiger partial charge < -0.3 is 4.42 Å². The fourth-order valence-corrected chi connectivity index (χ4v) is 4.21. The molecule has 28 heavy (non-hydrogen) atoms. The summed E-state index contributed by atoms with van der Waals surface area (Å²) in [5, 5.41) is 0. The van der Waals surface area contributed by atoms with Gasteiger partial charge in [0.1, 0.15) is 5.76 Å². The van der Waals surface area contributed by atoms with Crippen molar-refractivity contribution in [3.8, 4) is 0 Å². The van der Waals surface area contributed by atoms with Crippen LogP contribution >= 0.6 is 0 Å². The summed E-state index contributed by atoms with van der Waals surface area (Å²) in [5.74, 6) is -1.50. The van der Waals surface area contributed by atoms with Gasteiger partial charge in [0.05, 0.1) is 17.7 Å². The van der Waals surface area contributed by atoms with Crippen LogP contribution in [0.5, 0.6) is 0 Å². The maximum atomic E-state index is 13.6. The summed E-state index contributed by atoms with van der Waals surface area (Å²) >= 11 is 0. The van der Waals surface area contributed by atoms with Crippen LogP contribution in [0.15, 0.2) is 70.2 Å². The molecule has 1 heterocycles. The highest BCUT2D eigenvalue weighted by Gasteiger charge is 2.27. The van der Waals surface area contributed by atoms with Crippen LogP contribution in [-0.4, -0.2) is 12.7 Å². The number of furan rings is 1. The highest BCUT2D eigenvalue weighted by atomic mass is 32.2. The lowest BCUT2D eigenvalue weighted by atomic mass is 10.0. The molecule has 3 aromatic rings. The molecule has 0 amide bonds. The largest absolute Gasteiger partial charge is 0.468 e. The molecule has 0 atom stereocenters. The summed E-state index contributed by atoms with van der Waals surface area (Å²) in [4.78, 5) is -0.309. The fraction of sp³-hybridized carbons (Fsp3) is 0.238. The second kappa shape index (κ2) is 8.24. The zero-order valence-corrected chi connectivity index (χ0v) is 16.4. The smallest absolute Gasteiger partial charge is 0.243 e. The lowest BCUT2D eigenvalue weighted by molar-refractivity contribution is 0.358. The van der Waals surface area contributed by atoms with Crippen molar-refractivity contribution in [2.75, 3.05) is 0 Å². The first-order valence-electron chi connectivity index (χ1n) is 8.84. The summed E-state index contributed by atoms with van der Waals surface area (Å²) in [6, 6.07) is 13.5. The van der Waals surface area contributed by atoms with Crippen LogP contribution in [0.25, 0.3) is 0 Å². The van der Waals surface area contributed by atoms with Crippen LogP contribution < -0.4 is 0 Å². The van der Waals surface area contributed by atoms with Gasteiger partial charge in [-0.25, -0.2) is 17.2 Å². The lowest BCUT2D eigenvalue weighted by Crippen LogP contribution is -2.30. The van der Waals surface area contributed by atoms with Crippen molar-refractivity contribution in [3.63, 3.8) is 0 Å². The van der Waals surface area contributed by atoms with Gasteiger partial charge in [0.25, 0.3) is 0 Å². The summed E-state index contributed by atoms with van der Waals surface area (Å²) in [6.07, 6.45) is 1.45. The molecule has 0 saturated heterocycles. The summed E-state index contributed by atoms with van der Waals surface area (Å²) in [7, 11) is -4.07. The Balaban J connectivity index is 1.94. The van der Waals surface area contributed by atoms with Crippen molar-refractivity contribution < 1.29 is 21.6 Å². The van der Waals surface area contributed by atoms with E-state index in [0.717, 1.165) is 23.3 Å². The van der Waals surface area contributed by atoms with Gasteiger partial charge in [0, 0.05) is 6.54 Å². The number of benzene rings is 2. The first-order valence-corrected chi connectivity index (χ1v) is 10.3. The van der Waals surface area contributed by atoms with Crippen molar-refractivity contribution in [1.29, 1.82) is 0 Å². The highest BCUT2D eigenvalue weighted by Crippen LogP contribution is 2.24. The minimum Gasteiger partial charge on any atom is -0.468 e. The molecule has 0 spiro atoms. The molecule has 4 nitrogen and oxygen atoms in total. The molecule has 0 unspecified atom stereocenters. The highest BCUT2D eigenvalue weighted by molar-refractivity contribution is 7.89. The Labute approximate surface area is 163 Å². The van der Waals surface area contributed by atoms with Crippen LogP contribution in [0.3, 0.4) is 0 Å². The van der Waals surface area contributed by atoms with E-state index in [1.165, 1.54) is 10.6 Å². The van der Waals surface area contributed by atoms with E-state index in [2.05, 4.69) is 13.8 Å². The second-order valence-electron chi connectivity index (χ2n) is 6.82. The molecule has 0 bridgehead atoms. The molecule has 3 rings (SSSR count). The Morgan fingerprint density at radius 3 is 2.25 bits per heavy atom. The number of halogens is 2. The molecule has 0 aliphatic carbocycles. The molecule has 1 aromatic heterocycles. The molecule has 0 aliphatic heterocycles.